The first kappa shape index (κ1) is 13.0. The minimum atomic E-state index is -0.127. The third kappa shape index (κ3) is 2.38. The number of aliphatic hydroxyl groups is 2. The average molecular weight is 272 g/mol. The van der Waals surface area contributed by atoms with Gasteiger partial charge in [-0.15, -0.1) is 0 Å². The summed E-state index contributed by atoms with van der Waals surface area (Å²) in [6.45, 7) is 2.07. The van der Waals surface area contributed by atoms with Gasteiger partial charge in [0.2, 0.25) is 5.88 Å². The molecule has 0 spiro atoms. The maximum atomic E-state index is 10.1. The molecular weight excluding hydrogens is 252 g/mol. The number of nitrogens with zero attached hydrogens (tertiary/aromatic N) is 2. The van der Waals surface area contributed by atoms with Gasteiger partial charge in [0.25, 0.3) is 0 Å². The summed E-state index contributed by atoms with van der Waals surface area (Å²) in [6.07, 6.45) is 5.26. The molecule has 1 aliphatic heterocycles. The largest absolute Gasteiger partial charge is 0.502 e. The average Bonchev–Trinajstić information content (AvgIpc) is 2.36. The van der Waals surface area contributed by atoms with E-state index in [2.05, 4.69) is 30.1 Å². The van der Waals surface area contributed by atoms with Crippen molar-refractivity contribution in [1.82, 2.24) is 4.90 Å². The van der Waals surface area contributed by atoms with E-state index in [1.54, 1.807) is 0 Å². The molecule has 1 fully saturated rings. The van der Waals surface area contributed by atoms with Crippen molar-refractivity contribution in [3.8, 4) is 0 Å². The molecule has 1 aromatic carbocycles. The molecule has 2 aliphatic rings. The van der Waals surface area contributed by atoms with E-state index in [0.29, 0.717) is 6.04 Å². The van der Waals surface area contributed by atoms with E-state index >= 15 is 0 Å². The van der Waals surface area contributed by atoms with E-state index in [4.69, 9.17) is 0 Å². The molecule has 1 saturated carbocycles. The predicted molar refractivity (Wildman–Crippen MR) is 78.9 cm³/mol. The van der Waals surface area contributed by atoms with Crippen LogP contribution in [-0.2, 0) is 6.42 Å². The zero-order valence-electron chi connectivity index (χ0n) is 11.7. The SMILES string of the molecule is Cc1cccc(CC2N=CC(O)=C(O)N2C2CCC2)c1. The van der Waals surface area contributed by atoms with Gasteiger partial charge in [-0.2, -0.15) is 0 Å². The second-order valence-electron chi connectivity index (χ2n) is 5.65. The van der Waals surface area contributed by atoms with E-state index in [-0.39, 0.29) is 17.8 Å². The van der Waals surface area contributed by atoms with E-state index in [1.807, 2.05) is 11.0 Å². The van der Waals surface area contributed by atoms with Gasteiger partial charge in [-0.1, -0.05) is 29.8 Å². The summed E-state index contributed by atoms with van der Waals surface area (Å²) in [6, 6.07) is 8.63. The summed E-state index contributed by atoms with van der Waals surface area (Å²) in [5, 5.41) is 19.8. The fraction of sp³-hybridized carbons (Fsp3) is 0.438. The molecule has 106 valence electrons. The molecule has 20 heavy (non-hydrogen) atoms. The molecule has 0 amide bonds. The van der Waals surface area contributed by atoms with Crippen LogP contribution >= 0.6 is 0 Å². The number of aliphatic imine (C=N–C) groups is 1. The first-order chi connectivity index (χ1) is 9.65. The van der Waals surface area contributed by atoms with Crippen molar-refractivity contribution in [3.63, 3.8) is 0 Å². The Morgan fingerprint density at radius 1 is 1.30 bits per heavy atom. The van der Waals surface area contributed by atoms with Crippen LogP contribution in [0.3, 0.4) is 0 Å². The van der Waals surface area contributed by atoms with Gasteiger partial charge >= 0.3 is 0 Å². The Morgan fingerprint density at radius 3 is 2.75 bits per heavy atom. The molecule has 1 atom stereocenters. The third-order valence-corrected chi connectivity index (χ3v) is 4.13. The van der Waals surface area contributed by atoms with Gasteiger partial charge in [0.05, 0.1) is 6.21 Å². The van der Waals surface area contributed by atoms with Crippen LogP contribution in [0.4, 0.5) is 0 Å². The molecule has 1 aromatic rings. The summed E-state index contributed by atoms with van der Waals surface area (Å²) < 4.78 is 0. The number of aliphatic hydroxyl groups excluding tert-OH is 2. The first-order valence-corrected chi connectivity index (χ1v) is 7.14. The van der Waals surface area contributed by atoms with Crippen LogP contribution < -0.4 is 0 Å². The van der Waals surface area contributed by atoms with Crippen molar-refractivity contribution in [2.24, 2.45) is 4.99 Å². The number of hydrogen-bond donors (Lipinski definition) is 2. The highest BCUT2D eigenvalue weighted by molar-refractivity contribution is 5.76. The smallest absolute Gasteiger partial charge is 0.234 e. The van der Waals surface area contributed by atoms with Crippen molar-refractivity contribution in [3.05, 3.63) is 47.0 Å². The summed E-state index contributed by atoms with van der Waals surface area (Å²) >= 11 is 0. The van der Waals surface area contributed by atoms with Crippen molar-refractivity contribution >= 4 is 6.21 Å². The Hall–Kier alpha value is -1.97. The van der Waals surface area contributed by atoms with Crippen LogP contribution in [0.1, 0.15) is 30.4 Å². The highest BCUT2D eigenvalue weighted by Crippen LogP contribution is 2.32. The monoisotopic (exact) mass is 272 g/mol. The normalized spacial score (nSPS) is 23.1. The third-order valence-electron chi connectivity index (χ3n) is 4.13. The van der Waals surface area contributed by atoms with Gasteiger partial charge in [-0.3, -0.25) is 4.99 Å². The zero-order valence-corrected chi connectivity index (χ0v) is 11.7. The van der Waals surface area contributed by atoms with Gasteiger partial charge in [0.15, 0.2) is 5.76 Å². The summed E-state index contributed by atoms with van der Waals surface area (Å²) in [7, 11) is 0. The van der Waals surface area contributed by atoms with Gasteiger partial charge in [0, 0.05) is 12.5 Å². The topological polar surface area (TPSA) is 56.1 Å². The van der Waals surface area contributed by atoms with Gasteiger partial charge in [0.1, 0.15) is 6.17 Å². The van der Waals surface area contributed by atoms with Crippen LogP contribution in [0, 0.1) is 6.92 Å². The Labute approximate surface area is 119 Å². The van der Waals surface area contributed by atoms with Gasteiger partial charge in [-0.25, -0.2) is 0 Å². The second kappa shape index (κ2) is 5.19. The van der Waals surface area contributed by atoms with Crippen molar-refractivity contribution in [2.45, 2.75) is 44.8 Å². The van der Waals surface area contributed by atoms with E-state index in [9.17, 15) is 10.2 Å². The Kier molecular flexibility index (Phi) is 3.38. The summed E-state index contributed by atoms with van der Waals surface area (Å²) in [4.78, 5) is 6.28. The molecule has 2 N–H and O–H groups in total. The van der Waals surface area contributed by atoms with E-state index in [0.717, 1.165) is 19.3 Å². The fourth-order valence-electron chi connectivity index (χ4n) is 2.84. The highest BCUT2D eigenvalue weighted by Gasteiger charge is 2.35. The van der Waals surface area contributed by atoms with Crippen LogP contribution in [0.25, 0.3) is 0 Å². The van der Waals surface area contributed by atoms with E-state index < -0.39 is 0 Å². The number of hydrogen-bond acceptors (Lipinski definition) is 4. The second-order valence-corrected chi connectivity index (χ2v) is 5.65. The van der Waals surface area contributed by atoms with Crippen molar-refractivity contribution in [1.29, 1.82) is 0 Å². The zero-order chi connectivity index (χ0) is 14.1. The van der Waals surface area contributed by atoms with Crippen LogP contribution in [-0.4, -0.2) is 33.5 Å². The summed E-state index contributed by atoms with van der Waals surface area (Å²) in [5.41, 5.74) is 2.42. The minimum Gasteiger partial charge on any atom is -0.502 e. The highest BCUT2D eigenvalue weighted by atomic mass is 16.3. The number of benzene rings is 1. The van der Waals surface area contributed by atoms with E-state index in [1.165, 1.54) is 23.8 Å². The van der Waals surface area contributed by atoms with Crippen molar-refractivity contribution < 1.29 is 10.2 Å². The molecule has 4 heteroatoms. The first-order valence-electron chi connectivity index (χ1n) is 7.14. The van der Waals surface area contributed by atoms with Crippen LogP contribution in [0.2, 0.25) is 0 Å². The Bertz CT molecular complexity index is 561. The Morgan fingerprint density at radius 2 is 2.10 bits per heavy atom. The minimum absolute atomic E-state index is 0.0256. The predicted octanol–water partition coefficient (Wildman–Crippen LogP) is 3.09. The molecule has 1 heterocycles. The summed E-state index contributed by atoms with van der Waals surface area (Å²) in [5.74, 6) is -0.153. The number of allylic oxidation sites excluding steroid dienone is 1. The van der Waals surface area contributed by atoms with Gasteiger partial charge in [-0.05, 0) is 31.7 Å². The lowest BCUT2D eigenvalue weighted by Crippen LogP contribution is -2.48. The number of aryl methyl sites for hydroxylation is 1. The molecule has 1 unspecified atom stereocenters. The molecule has 0 saturated heterocycles. The Balaban J connectivity index is 1.82. The molecule has 4 nitrogen and oxygen atoms in total. The lowest BCUT2D eigenvalue weighted by atomic mass is 9.90. The molecule has 1 aliphatic carbocycles. The molecular formula is C16H20N2O2. The number of rotatable bonds is 3. The van der Waals surface area contributed by atoms with Crippen LogP contribution in [0.15, 0.2) is 40.9 Å². The maximum Gasteiger partial charge on any atom is 0.234 e. The lowest BCUT2D eigenvalue weighted by Gasteiger charge is -2.43. The van der Waals surface area contributed by atoms with Gasteiger partial charge < -0.3 is 15.1 Å². The lowest BCUT2D eigenvalue weighted by molar-refractivity contribution is 0.0519. The maximum absolute atomic E-state index is 10.1. The van der Waals surface area contributed by atoms with Crippen molar-refractivity contribution in [2.75, 3.05) is 0 Å². The molecule has 0 radical (unpaired) electrons. The molecule has 0 bridgehead atoms. The standard InChI is InChI=1S/C16H20N2O2/c1-11-4-2-5-12(8-11)9-15-17-10-14(19)16(20)18(15)13-6-3-7-13/h2,4-5,8,10,13,15,19-20H,3,6-7,9H2,1H3. The fourth-order valence-corrected chi connectivity index (χ4v) is 2.84. The molecule has 3 rings (SSSR count). The quantitative estimate of drug-likeness (QED) is 0.889. The van der Waals surface area contributed by atoms with Crippen LogP contribution in [0.5, 0.6) is 0 Å². The molecule has 0 aromatic heterocycles.